The number of carbonyl (C=O) groups excluding carboxylic acids is 1. The summed E-state index contributed by atoms with van der Waals surface area (Å²) in [7, 11) is 0. The molecular formula is C27H20N4O4S2. The molecule has 1 amide bonds. The van der Waals surface area contributed by atoms with Crippen LogP contribution < -0.4 is 16.5 Å². The highest BCUT2D eigenvalue weighted by atomic mass is 32.2. The van der Waals surface area contributed by atoms with Gasteiger partial charge in [0.2, 0.25) is 0 Å². The normalized spacial score (nSPS) is 13.0. The molecule has 0 fully saturated rings. The van der Waals surface area contributed by atoms with Gasteiger partial charge in [0.15, 0.2) is 5.16 Å². The summed E-state index contributed by atoms with van der Waals surface area (Å²) in [6.07, 6.45) is 0. The van der Waals surface area contributed by atoms with Crippen molar-refractivity contribution in [3.05, 3.63) is 96.4 Å². The van der Waals surface area contributed by atoms with Crippen LogP contribution in [0.3, 0.4) is 0 Å². The highest BCUT2D eigenvalue weighted by Gasteiger charge is 2.25. The number of aromatic nitrogens is 2. The van der Waals surface area contributed by atoms with E-state index in [1.165, 1.54) is 27.8 Å². The molecule has 10 heteroatoms. The minimum absolute atomic E-state index is 0.293. The van der Waals surface area contributed by atoms with Crippen molar-refractivity contribution in [3.63, 3.8) is 0 Å². The van der Waals surface area contributed by atoms with Crippen LogP contribution in [0.2, 0.25) is 0 Å². The summed E-state index contributed by atoms with van der Waals surface area (Å²) < 4.78 is 6.67. The minimum atomic E-state index is -0.513. The number of carbonyl (C=O) groups is 1. The zero-order valence-corrected chi connectivity index (χ0v) is 21.8. The number of hydrogen-bond donors (Lipinski definition) is 1. The first-order chi connectivity index (χ1) is 17.8. The van der Waals surface area contributed by atoms with Gasteiger partial charge < -0.3 is 9.73 Å². The smallest absolute Gasteiger partial charge is 0.345 e. The number of benzene rings is 2. The fourth-order valence-electron chi connectivity index (χ4n) is 4.47. The second-order valence-electron chi connectivity index (χ2n) is 8.90. The molecule has 2 aromatic carbocycles. The largest absolute Gasteiger partial charge is 0.422 e. The minimum Gasteiger partial charge on any atom is -0.422 e. The maximum Gasteiger partial charge on any atom is 0.345 e. The van der Waals surface area contributed by atoms with E-state index in [0.717, 1.165) is 16.5 Å². The molecule has 0 atom stereocenters. The first-order valence-corrected chi connectivity index (χ1v) is 13.3. The van der Waals surface area contributed by atoms with Crippen LogP contribution in [-0.2, 0) is 0 Å². The predicted molar refractivity (Wildman–Crippen MR) is 148 cm³/mol. The summed E-state index contributed by atoms with van der Waals surface area (Å²) in [6.45, 7) is 5.68. The number of nitrogens with zero attached hydrogens (tertiary/aromatic N) is 3. The van der Waals surface area contributed by atoms with E-state index < -0.39 is 5.63 Å². The van der Waals surface area contributed by atoms with E-state index >= 15 is 0 Å². The van der Waals surface area contributed by atoms with Gasteiger partial charge in [-0.25, -0.2) is 9.78 Å². The van der Waals surface area contributed by atoms with Crippen molar-refractivity contribution in [1.82, 2.24) is 9.66 Å². The Morgan fingerprint density at radius 2 is 1.81 bits per heavy atom. The van der Waals surface area contributed by atoms with Crippen molar-refractivity contribution in [2.75, 3.05) is 11.1 Å². The Morgan fingerprint density at radius 3 is 2.59 bits per heavy atom. The van der Waals surface area contributed by atoms with Crippen LogP contribution >= 0.6 is 23.1 Å². The second-order valence-corrected chi connectivity index (χ2v) is 10.8. The van der Waals surface area contributed by atoms with Crippen LogP contribution in [0.1, 0.15) is 31.9 Å². The summed E-state index contributed by atoms with van der Waals surface area (Å²) in [4.78, 5) is 44.9. The lowest BCUT2D eigenvalue weighted by molar-refractivity contribution is 0.103. The lowest BCUT2D eigenvalue weighted by Gasteiger charge is -2.15. The van der Waals surface area contributed by atoms with E-state index in [9.17, 15) is 14.4 Å². The first kappa shape index (κ1) is 23.4. The number of thiophene rings is 1. The SMILES string of the molecule is Cc1cc(C)cc(NC(=O)c2sc3nc4n(c(=O)c3c2C)N=C(c2cc3ccccc3oc2=O)CS4)c1. The average molecular weight is 529 g/mol. The fourth-order valence-corrected chi connectivity index (χ4v) is 6.47. The number of hydrogen-bond acceptors (Lipinski definition) is 8. The van der Waals surface area contributed by atoms with Crippen molar-refractivity contribution in [3.8, 4) is 0 Å². The summed E-state index contributed by atoms with van der Waals surface area (Å²) in [5, 5.41) is 8.96. The van der Waals surface area contributed by atoms with Gasteiger partial charge in [-0.1, -0.05) is 36.0 Å². The molecule has 0 unspecified atom stereocenters. The van der Waals surface area contributed by atoms with Crippen LogP contribution in [0.25, 0.3) is 21.2 Å². The van der Waals surface area contributed by atoms with Crippen LogP contribution in [-0.4, -0.2) is 27.0 Å². The number of para-hydroxylation sites is 1. The van der Waals surface area contributed by atoms with Gasteiger partial charge in [0, 0.05) is 16.8 Å². The van der Waals surface area contributed by atoms with Crippen LogP contribution in [0.4, 0.5) is 5.69 Å². The Hall–Kier alpha value is -4.02. The average Bonchev–Trinajstić information content (AvgIpc) is 3.19. The van der Waals surface area contributed by atoms with Crippen molar-refractivity contribution >= 4 is 61.6 Å². The van der Waals surface area contributed by atoms with E-state index in [-0.39, 0.29) is 11.5 Å². The number of amides is 1. The first-order valence-electron chi connectivity index (χ1n) is 11.5. The quantitative estimate of drug-likeness (QED) is 0.258. The number of fused-ring (bicyclic) bond motifs is 3. The third-order valence-electron chi connectivity index (χ3n) is 6.11. The van der Waals surface area contributed by atoms with Gasteiger partial charge >= 0.3 is 5.63 Å². The third-order valence-corrected chi connectivity index (χ3v) is 8.23. The van der Waals surface area contributed by atoms with Gasteiger partial charge in [-0.3, -0.25) is 9.59 Å². The molecule has 184 valence electrons. The van der Waals surface area contributed by atoms with Gasteiger partial charge in [0.1, 0.15) is 10.4 Å². The molecule has 1 aliphatic rings. The van der Waals surface area contributed by atoms with Crippen molar-refractivity contribution in [1.29, 1.82) is 0 Å². The summed E-state index contributed by atoms with van der Waals surface area (Å²) in [5.74, 6) is 0.0596. The Morgan fingerprint density at radius 1 is 1.05 bits per heavy atom. The van der Waals surface area contributed by atoms with Crippen LogP contribution in [0.5, 0.6) is 0 Å². The molecule has 0 saturated carbocycles. The monoisotopic (exact) mass is 528 g/mol. The fraction of sp³-hybridized carbons (Fsp3) is 0.148. The van der Waals surface area contributed by atoms with Gasteiger partial charge in [0.05, 0.1) is 21.5 Å². The van der Waals surface area contributed by atoms with Crippen LogP contribution in [0.15, 0.2) is 72.8 Å². The molecule has 3 aromatic heterocycles. The Labute approximate surface area is 218 Å². The van der Waals surface area contributed by atoms with Gasteiger partial charge in [-0.2, -0.15) is 9.78 Å². The van der Waals surface area contributed by atoms with Crippen molar-refractivity contribution < 1.29 is 9.21 Å². The van der Waals surface area contributed by atoms with E-state index in [2.05, 4.69) is 15.4 Å². The molecule has 0 radical (unpaired) electrons. The molecule has 6 rings (SSSR count). The molecular weight excluding hydrogens is 508 g/mol. The van der Waals surface area contributed by atoms with E-state index in [4.69, 9.17) is 4.42 Å². The number of rotatable bonds is 3. The molecule has 1 aliphatic heterocycles. The van der Waals surface area contributed by atoms with E-state index in [1.54, 1.807) is 25.1 Å². The van der Waals surface area contributed by atoms with Crippen molar-refractivity contribution in [2.45, 2.75) is 25.9 Å². The summed E-state index contributed by atoms with van der Waals surface area (Å²) in [5.41, 5.74) is 3.66. The molecule has 5 aromatic rings. The molecule has 0 spiro atoms. The zero-order chi connectivity index (χ0) is 25.8. The Bertz CT molecular complexity index is 1900. The topological polar surface area (TPSA) is 107 Å². The molecule has 0 saturated heterocycles. The molecule has 8 nitrogen and oxygen atoms in total. The van der Waals surface area contributed by atoms with Gasteiger partial charge in [0.25, 0.3) is 11.5 Å². The third kappa shape index (κ3) is 4.08. The molecule has 0 bridgehead atoms. The highest BCUT2D eigenvalue weighted by molar-refractivity contribution is 7.99. The lowest BCUT2D eigenvalue weighted by atomic mass is 10.1. The van der Waals surface area contributed by atoms with Gasteiger partial charge in [-0.15, -0.1) is 11.3 Å². The Balaban J connectivity index is 1.42. The predicted octanol–water partition coefficient (Wildman–Crippen LogP) is 5.10. The Kier molecular flexibility index (Phi) is 5.58. The molecule has 1 N–H and O–H groups in total. The summed E-state index contributed by atoms with van der Waals surface area (Å²) >= 11 is 2.50. The number of thioether (sulfide) groups is 1. The standard InChI is InChI=1S/C27H20N4O4S2/c1-13-8-14(2)10-17(9-13)28-23(32)22-15(3)21-24(37-22)29-27-31(25(21)33)30-19(12-36-27)18-11-16-6-4-5-7-20(16)35-26(18)34/h4-11H,12H2,1-3H3,(H,28,32). The van der Waals surface area contributed by atoms with E-state index in [1.807, 2.05) is 44.2 Å². The lowest BCUT2D eigenvalue weighted by Crippen LogP contribution is -2.28. The number of aryl methyl sites for hydroxylation is 3. The number of anilines is 1. The van der Waals surface area contributed by atoms with Gasteiger partial charge in [-0.05, 0) is 61.7 Å². The van der Waals surface area contributed by atoms with Crippen molar-refractivity contribution in [2.24, 2.45) is 5.10 Å². The maximum atomic E-state index is 13.5. The highest BCUT2D eigenvalue weighted by Crippen LogP contribution is 2.31. The molecule has 37 heavy (non-hydrogen) atoms. The molecule has 4 heterocycles. The number of nitrogens with one attached hydrogen (secondary N) is 1. The second kappa shape index (κ2) is 8.82. The summed E-state index contributed by atoms with van der Waals surface area (Å²) in [6, 6.07) is 14.8. The molecule has 0 aliphatic carbocycles. The van der Waals surface area contributed by atoms with Crippen LogP contribution in [0, 0.1) is 20.8 Å². The van der Waals surface area contributed by atoms with E-state index in [0.29, 0.717) is 54.1 Å². The zero-order valence-electron chi connectivity index (χ0n) is 20.1. The maximum absolute atomic E-state index is 13.5.